The van der Waals surface area contributed by atoms with Gasteiger partial charge in [-0.3, -0.25) is 14.5 Å². The Morgan fingerprint density at radius 2 is 2.06 bits per heavy atom. The molecule has 0 aliphatic carbocycles. The average molecular weight is 256 g/mol. The van der Waals surface area contributed by atoms with Crippen molar-refractivity contribution in [3.63, 3.8) is 0 Å². The maximum absolute atomic E-state index is 11.5. The van der Waals surface area contributed by atoms with Crippen LogP contribution in [0.25, 0.3) is 0 Å². The molecule has 0 aromatic carbocycles. The lowest BCUT2D eigenvalue weighted by Gasteiger charge is -2.34. The van der Waals surface area contributed by atoms with Crippen molar-refractivity contribution in [3.05, 3.63) is 0 Å². The highest BCUT2D eigenvalue weighted by Crippen LogP contribution is 2.15. The number of hydrogen-bond acceptors (Lipinski definition) is 4. The van der Waals surface area contributed by atoms with Crippen LogP contribution >= 0.6 is 0 Å². The second-order valence-corrected chi connectivity index (χ2v) is 4.56. The van der Waals surface area contributed by atoms with Gasteiger partial charge in [-0.05, 0) is 25.9 Å². The Morgan fingerprint density at radius 1 is 1.28 bits per heavy atom. The first-order valence-corrected chi connectivity index (χ1v) is 6.64. The van der Waals surface area contributed by atoms with Crippen molar-refractivity contribution in [3.8, 4) is 0 Å². The predicted octanol–water partition coefficient (Wildman–Crippen LogP) is -0.948. The van der Waals surface area contributed by atoms with Gasteiger partial charge in [0.1, 0.15) is 0 Å². The molecule has 0 saturated carbocycles. The van der Waals surface area contributed by atoms with Crippen molar-refractivity contribution in [2.24, 2.45) is 5.73 Å². The highest BCUT2D eigenvalue weighted by atomic mass is 16.2. The topological polar surface area (TPSA) is 87.5 Å². The molecule has 0 spiro atoms. The van der Waals surface area contributed by atoms with Gasteiger partial charge in [0.05, 0.1) is 13.1 Å². The Bertz CT molecular complexity index is 283. The Balaban J connectivity index is 2.22. The summed E-state index contributed by atoms with van der Waals surface area (Å²) in [6.45, 7) is 4.85. The SMILES string of the molecule is CCN1CCCCC1CNC(=O)CNC(=O)CN. The summed E-state index contributed by atoms with van der Waals surface area (Å²) in [6, 6.07) is 0.429. The molecule has 18 heavy (non-hydrogen) atoms. The van der Waals surface area contributed by atoms with Crippen molar-refractivity contribution < 1.29 is 9.59 Å². The summed E-state index contributed by atoms with van der Waals surface area (Å²) >= 11 is 0. The summed E-state index contributed by atoms with van der Waals surface area (Å²) in [5.74, 6) is -0.462. The first-order chi connectivity index (χ1) is 8.67. The number of amides is 2. The molecule has 1 unspecified atom stereocenters. The van der Waals surface area contributed by atoms with E-state index < -0.39 is 0 Å². The predicted molar refractivity (Wildman–Crippen MR) is 70.0 cm³/mol. The van der Waals surface area contributed by atoms with E-state index in [1.165, 1.54) is 12.8 Å². The number of nitrogens with zero attached hydrogens (tertiary/aromatic N) is 1. The number of hydrogen-bond donors (Lipinski definition) is 3. The van der Waals surface area contributed by atoms with Gasteiger partial charge >= 0.3 is 0 Å². The highest BCUT2D eigenvalue weighted by Gasteiger charge is 2.21. The maximum atomic E-state index is 11.5. The van der Waals surface area contributed by atoms with E-state index in [0.717, 1.165) is 19.5 Å². The van der Waals surface area contributed by atoms with E-state index in [4.69, 9.17) is 5.73 Å². The van der Waals surface area contributed by atoms with Crippen LogP contribution in [-0.2, 0) is 9.59 Å². The van der Waals surface area contributed by atoms with Crippen LogP contribution in [0, 0.1) is 0 Å². The van der Waals surface area contributed by atoms with Gasteiger partial charge in [-0.1, -0.05) is 13.3 Å². The molecule has 6 nitrogen and oxygen atoms in total. The maximum Gasteiger partial charge on any atom is 0.239 e. The summed E-state index contributed by atoms with van der Waals surface area (Å²) in [4.78, 5) is 24.8. The number of carbonyl (C=O) groups is 2. The number of nitrogens with two attached hydrogens (primary N) is 1. The number of likely N-dealkylation sites (tertiary alicyclic amines) is 1. The average Bonchev–Trinajstić information content (AvgIpc) is 2.42. The minimum atomic E-state index is -0.307. The van der Waals surface area contributed by atoms with Gasteiger partial charge in [0, 0.05) is 12.6 Å². The van der Waals surface area contributed by atoms with Crippen LogP contribution < -0.4 is 16.4 Å². The van der Waals surface area contributed by atoms with Gasteiger partial charge in [-0.2, -0.15) is 0 Å². The third-order valence-electron chi connectivity index (χ3n) is 3.32. The van der Waals surface area contributed by atoms with E-state index in [2.05, 4.69) is 22.5 Å². The van der Waals surface area contributed by atoms with E-state index in [-0.39, 0.29) is 24.9 Å². The van der Waals surface area contributed by atoms with Crippen molar-refractivity contribution in [1.29, 1.82) is 0 Å². The molecule has 4 N–H and O–H groups in total. The van der Waals surface area contributed by atoms with Gasteiger partial charge in [0.2, 0.25) is 11.8 Å². The zero-order valence-electron chi connectivity index (χ0n) is 11.1. The van der Waals surface area contributed by atoms with Gasteiger partial charge in [0.25, 0.3) is 0 Å². The molecule has 0 radical (unpaired) electrons. The highest BCUT2D eigenvalue weighted by molar-refractivity contribution is 5.85. The molecule has 1 fully saturated rings. The summed E-state index contributed by atoms with van der Waals surface area (Å²) in [7, 11) is 0. The third-order valence-corrected chi connectivity index (χ3v) is 3.32. The second kappa shape index (κ2) is 8.05. The number of nitrogens with one attached hydrogen (secondary N) is 2. The van der Waals surface area contributed by atoms with Crippen LogP contribution in [0.15, 0.2) is 0 Å². The quantitative estimate of drug-likeness (QED) is 0.572. The number of likely N-dealkylation sites (N-methyl/N-ethyl adjacent to an activating group) is 1. The third kappa shape index (κ3) is 5.01. The van der Waals surface area contributed by atoms with Crippen LogP contribution in [0.2, 0.25) is 0 Å². The Kier molecular flexibility index (Phi) is 6.67. The number of piperidine rings is 1. The first-order valence-electron chi connectivity index (χ1n) is 6.64. The van der Waals surface area contributed by atoms with Gasteiger partial charge in [-0.25, -0.2) is 0 Å². The fourth-order valence-corrected chi connectivity index (χ4v) is 2.25. The summed E-state index contributed by atoms with van der Waals surface area (Å²) < 4.78 is 0. The monoisotopic (exact) mass is 256 g/mol. The van der Waals surface area contributed by atoms with E-state index in [1.807, 2.05) is 0 Å². The van der Waals surface area contributed by atoms with Gasteiger partial charge < -0.3 is 16.4 Å². The molecule has 104 valence electrons. The standard InChI is InChI=1S/C12H24N4O2/c1-2-16-6-4-3-5-10(16)8-14-12(18)9-15-11(17)7-13/h10H,2-9,13H2,1H3,(H,14,18)(H,15,17). The Hall–Kier alpha value is -1.14. The Morgan fingerprint density at radius 3 is 2.72 bits per heavy atom. The molecule has 1 aliphatic heterocycles. The van der Waals surface area contributed by atoms with Crippen molar-refractivity contribution in [2.45, 2.75) is 32.2 Å². The lowest BCUT2D eigenvalue weighted by Crippen LogP contribution is -2.48. The molecular formula is C12H24N4O2. The van der Waals surface area contributed by atoms with Crippen LogP contribution in [0.1, 0.15) is 26.2 Å². The molecule has 1 heterocycles. The van der Waals surface area contributed by atoms with E-state index in [9.17, 15) is 9.59 Å². The zero-order valence-corrected chi connectivity index (χ0v) is 11.1. The second-order valence-electron chi connectivity index (χ2n) is 4.56. The molecular weight excluding hydrogens is 232 g/mol. The molecule has 1 atom stereocenters. The van der Waals surface area contributed by atoms with Crippen molar-refractivity contribution in [2.75, 3.05) is 32.7 Å². The molecule has 1 saturated heterocycles. The number of rotatable bonds is 6. The van der Waals surface area contributed by atoms with E-state index in [0.29, 0.717) is 12.6 Å². The minimum absolute atomic E-state index is 0.00881. The summed E-state index contributed by atoms with van der Waals surface area (Å²) in [5.41, 5.74) is 5.13. The lowest BCUT2D eigenvalue weighted by molar-refractivity contribution is -0.125. The summed E-state index contributed by atoms with van der Waals surface area (Å²) in [6.07, 6.45) is 3.59. The Labute approximate surface area is 108 Å². The van der Waals surface area contributed by atoms with Crippen LogP contribution in [0.3, 0.4) is 0 Å². The molecule has 1 aliphatic rings. The fraction of sp³-hybridized carbons (Fsp3) is 0.833. The molecule has 1 rings (SSSR count). The van der Waals surface area contributed by atoms with Crippen LogP contribution in [0.5, 0.6) is 0 Å². The largest absolute Gasteiger partial charge is 0.353 e. The normalized spacial score (nSPS) is 20.4. The smallest absolute Gasteiger partial charge is 0.239 e. The van der Waals surface area contributed by atoms with Crippen LogP contribution in [0.4, 0.5) is 0 Å². The molecule has 6 heteroatoms. The molecule has 0 aromatic heterocycles. The van der Waals surface area contributed by atoms with Gasteiger partial charge in [-0.15, -0.1) is 0 Å². The molecule has 0 aromatic rings. The summed E-state index contributed by atoms with van der Waals surface area (Å²) in [5, 5.41) is 5.32. The first kappa shape index (κ1) is 14.9. The minimum Gasteiger partial charge on any atom is -0.353 e. The lowest BCUT2D eigenvalue weighted by atomic mass is 10.0. The van der Waals surface area contributed by atoms with Crippen molar-refractivity contribution in [1.82, 2.24) is 15.5 Å². The van der Waals surface area contributed by atoms with E-state index >= 15 is 0 Å². The molecule has 2 amide bonds. The van der Waals surface area contributed by atoms with E-state index in [1.54, 1.807) is 0 Å². The van der Waals surface area contributed by atoms with Gasteiger partial charge in [0.15, 0.2) is 0 Å². The zero-order chi connectivity index (χ0) is 13.4. The number of carbonyl (C=O) groups excluding carboxylic acids is 2. The van der Waals surface area contributed by atoms with Crippen molar-refractivity contribution >= 4 is 11.8 Å². The molecule has 0 bridgehead atoms. The fourth-order valence-electron chi connectivity index (χ4n) is 2.25. The van der Waals surface area contributed by atoms with Crippen LogP contribution in [-0.4, -0.2) is 55.5 Å².